The highest BCUT2D eigenvalue weighted by Crippen LogP contribution is 2.18. The van der Waals surface area contributed by atoms with Gasteiger partial charge in [0.25, 0.3) is 0 Å². The van der Waals surface area contributed by atoms with Crippen LogP contribution < -0.4 is 5.32 Å². The topological polar surface area (TPSA) is 88.3 Å². The Kier molecular flexibility index (Phi) is 4.32. The van der Waals surface area contributed by atoms with Crippen LogP contribution >= 0.6 is 0 Å². The number of carboxylic acids is 1. The Balaban J connectivity index is 2.07. The van der Waals surface area contributed by atoms with E-state index in [1.165, 1.54) is 24.3 Å². The minimum atomic E-state index is -1.05. The summed E-state index contributed by atoms with van der Waals surface area (Å²) in [5.74, 6) is -0.751. The summed E-state index contributed by atoms with van der Waals surface area (Å²) in [6.07, 6.45) is 0.418. The van der Waals surface area contributed by atoms with E-state index in [0.717, 1.165) is 0 Å². The summed E-state index contributed by atoms with van der Waals surface area (Å²) in [4.78, 5) is 11.2. The third kappa shape index (κ3) is 3.43. The van der Waals surface area contributed by atoms with Gasteiger partial charge in [-0.3, -0.25) is 10.1 Å². The Morgan fingerprint density at radius 2 is 2.05 bits per heavy atom. The first kappa shape index (κ1) is 15.1. The Labute approximate surface area is 121 Å². The van der Waals surface area contributed by atoms with Crippen molar-refractivity contribution in [2.24, 2.45) is 0 Å². The van der Waals surface area contributed by atoms with Gasteiger partial charge in [-0.1, -0.05) is 6.92 Å². The fourth-order valence-electron chi connectivity index (χ4n) is 1.66. The van der Waals surface area contributed by atoms with Crippen LogP contribution in [0.4, 0.5) is 4.39 Å². The minimum Gasteiger partial charge on any atom is -0.480 e. The molecular weight excluding hydrogens is 277 g/mol. The molecule has 0 aliphatic rings. The number of rotatable bonds is 6. The molecule has 7 heteroatoms. The molecule has 112 valence electrons. The molecule has 1 atom stereocenters. The Morgan fingerprint density at radius 1 is 1.38 bits per heavy atom. The van der Waals surface area contributed by atoms with E-state index in [0.29, 0.717) is 12.0 Å². The SMILES string of the molecule is CCC(C)(NCc1nnc(-c2ccc(F)cc2)o1)C(=O)O. The van der Waals surface area contributed by atoms with E-state index < -0.39 is 11.5 Å². The molecule has 2 rings (SSSR count). The molecule has 0 aliphatic carbocycles. The lowest BCUT2D eigenvalue weighted by Gasteiger charge is -2.23. The van der Waals surface area contributed by atoms with Crippen molar-refractivity contribution in [3.8, 4) is 11.5 Å². The van der Waals surface area contributed by atoms with Crippen LogP contribution in [0.1, 0.15) is 26.2 Å². The van der Waals surface area contributed by atoms with Crippen molar-refractivity contribution in [2.45, 2.75) is 32.4 Å². The van der Waals surface area contributed by atoms with Crippen LogP contribution in [0.25, 0.3) is 11.5 Å². The minimum absolute atomic E-state index is 0.144. The highest BCUT2D eigenvalue weighted by molar-refractivity contribution is 5.78. The van der Waals surface area contributed by atoms with Crippen molar-refractivity contribution in [2.75, 3.05) is 0 Å². The molecule has 1 aromatic heterocycles. The molecule has 6 nitrogen and oxygen atoms in total. The van der Waals surface area contributed by atoms with Crippen molar-refractivity contribution in [1.29, 1.82) is 0 Å². The third-order valence-electron chi connectivity index (χ3n) is 3.37. The summed E-state index contributed by atoms with van der Waals surface area (Å²) >= 11 is 0. The summed E-state index contributed by atoms with van der Waals surface area (Å²) in [6.45, 7) is 3.51. The number of nitrogens with zero attached hydrogens (tertiary/aromatic N) is 2. The van der Waals surface area contributed by atoms with Crippen molar-refractivity contribution < 1.29 is 18.7 Å². The van der Waals surface area contributed by atoms with E-state index >= 15 is 0 Å². The number of benzene rings is 1. The first-order chi connectivity index (χ1) is 9.94. The number of nitrogens with one attached hydrogen (secondary N) is 1. The Bertz CT molecular complexity index is 627. The number of aromatic nitrogens is 2. The predicted molar refractivity (Wildman–Crippen MR) is 72.9 cm³/mol. The zero-order chi connectivity index (χ0) is 15.5. The molecule has 0 saturated carbocycles. The van der Waals surface area contributed by atoms with Crippen LogP contribution in [0.5, 0.6) is 0 Å². The number of carbonyl (C=O) groups is 1. The molecule has 0 amide bonds. The molecule has 0 fully saturated rings. The molecule has 1 aromatic carbocycles. The van der Waals surface area contributed by atoms with Crippen LogP contribution in [0.2, 0.25) is 0 Å². The lowest BCUT2D eigenvalue weighted by atomic mass is 9.99. The standard InChI is InChI=1S/C14H16FN3O3/c1-3-14(2,13(19)20)16-8-11-17-18-12(21-11)9-4-6-10(15)7-5-9/h4-7,16H,3,8H2,1-2H3,(H,19,20). The average Bonchev–Trinajstić information content (AvgIpc) is 2.94. The monoisotopic (exact) mass is 293 g/mol. The van der Waals surface area contributed by atoms with Gasteiger partial charge in [0.2, 0.25) is 11.8 Å². The van der Waals surface area contributed by atoms with E-state index in [9.17, 15) is 9.18 Å². The van der Waals surface area contributed by atoms with Gasteiger partial charge in [0.1, 0.15) is 11.4 Å². The molecule has 1 unspecified atom stereocenters. The largest absolute Gasteiger partial charge is 0.480 e. The lowest BCUT2D eigenvalue weighted by molar-refractivity contribution is -0.144. The predicted octanol–water partition coefficient (Wildman–Crippen LogP) is 2.22. The maximum Gasteiger partial charge on any atom is 0.323 e. The zero-order valence-electron chi connectivity index (χ0n) is 11.8. The fourth-order valence-corrected chi connectivity index (χ4v) is 1.66. The van der Waals surface area contributed by atoms with Gasteiger partial charge in [0.05, 0.1) is 6.54 Å². The molecular formula is C14H16FN3O3. The molecule has 0 bridgehead atoms. The molecule has 0 radical (unpaired) electrons. The van der Waals surface area contributed by atoms with E-state index in [2.05, 4.69) is 15.5 Å². The first-order valence-corrected chi connectivity index (χ1v) is 6.51. The van der Waals surface area contributed by atoms with E-state index in [4.69, 9.17) is 9.52 Å². The van der Waals surface area contributed by atoms with Gasteiger partial charge in [-0.15, -0.1) is 10.2 Å². The second-order valence-corrected chi connectivity index (χ2v) is 4.85. The van der Waals surface area contributed by atoms with Crippen molar-refractivity contribution in [3.63, 3.8) is 0 Å². The zero-order valence-corrected chi connectivity index (χ0v) is 11.8. The summed E-state index contributed by atoms with van der Waals surface area (Å²) < 4.78 is 18.3. The maximum atomic E-state index is 12.8. The maximum absolute atomic E-state index is 12.8. The molecule has 21 heavy (non-hydrogen) atoms. The van der Waals surface area contributed by atoms with Crippen molar-refractivity contribution >= 4 is 5.97 Å². The summed E-state index contributed by atoms with van der Waals surface area (Å²) in [7, 11) is 0. The number of carboxylic acid groups (broad SMARTS) is 1. The molecule has 0 aliphatic heterocycles. The van der Waals surface area contributed by atoms with Crippen LogP contribution in [0, 0.1) is 5.82 Å². The Morgan fingerprint density at radius 3 is 2.62 bits per heavy atom. The fraction of sp³-hybridized carbons (Fsp3) is 0.357. The van der Waals surface area contributed by atoms with Gasteiger partial charge in [0, 0.05) is 5.56 Å². The van der Waals surface area contributed by atoms with E-state index in [1.54, 1.807) is 13.8 Å². The lowest BCUT2D eigenvalue weighted by Crippen LogP contribution is -2.48. The normalized spacial score (nSPS) is 13.9. The van der Waals surface area contributed by atoms with Crippen LogP contribution in [-0.4, -0.2) is 26.8 Å². The number of hydrogen-bond acceptors (Lipinski definition) is 5. The number of halogens is 1. The van der Waals surface area contributed by atoms with E-state index in [1.807, 2.05) is 0 Å². The second-order valence-electron chi connectivity index (χ2n) is 4.85. The summed E-state index contributed by atoms with van der Waals surface area (Å²) in [5, 5.41) is 19.7. The Hall–Kier alpha value is -2.28. The van der Waals surface area contributed by atoms with Crippen LogP contribution in [0.3, 0.4) is 0 Å². The molecule has 0 spiro atoms. The van der Waals surface area contributed by atoms with Crippen LogP contribution in [-0.2, 0) is 11.3 Å². The van der Waals surface area contributed by atoms with Gasteiger partial charge in [0.15, 0.2) is 0 Å². The first-order valence-electron chi connectivity index (χ1n) is 6.51. The quantitative estimate of drug-likeness (QED) is 0.849. The van der Waals surface area contributed by atoms with Gasteiger partial charge in [-0.25, -0.2) is 4.39 Å². The van der Waals surface area contributed by atoms with Crippen LogP contribution in [0.15, 0.2) is 28.7 Å². The summed E-state index contributed by atoms with van der Waals surface area (Å²) in [5.41, 5.74) is -0.448. The highest BCUT2D eigenvalue weighted by Gasteiger charge is 2.30. The molecule has 0 saturated heterocycles. The van der Waals surface area contributed by atoms with Gasteiger partial charge in [-0.2, -0.15) is 0 Å². The van der Waals surface area contributed by atoms with Crippen molar-refractivity contribution in [1.82, 2.24) is 15.5 Å². The number of hydrogen-bond donors (Lipinski definition) is 2. The molecule has 1 heterocycles. The van der Waals surface area contributed by atoms with Gasteiger partial charge >= 0.3 is 5.97 Å². The van der Waals surface area contributed by atoms with Gasteiger partial charge < -0.3 is 9.52 Å². The smallest absolute Gasteiger partial charge is 0.323 e. The number of aliphatic carboxylic acids is 1. The van der Waals surface area contributed by atoms with E-state index in [-0.39, 0.29) is 24.1 Å². The summed E-state index contributed by atoms with van der Waals surface area (Å²) in [6, 6.07) is 5.67. The second kappa shape index (κ2) is 6.01. The third-order valence-corrected chi connectivity index (χ3v) is 3.37. The van der Waals surface area contributed by atoms with Gasteiger partial charge in [-0.05, 0) is 37.6 Å². The van der Waals surface area contributed by atoms with Crippen molar-refractivity contribution in [3.05, 3.63) is 36.0 Å². The molecule has 2 aromatic rings. The average molecular weight is 293 g/mol. The molecule has 2 N–H and O–H groups in total. The highest BCUT2D eigenvalue weighted by atomic mass is 19.1.